The summed E-state index contributed by atoms with van der Waals surface area (Å²) in [5, 5.41) is 2.66. The Hall–Kier alpha value is -3.35. The van der Waals surface area contributed by atoms with Crippen LogP contribution in [0.4, 0.5) is 15.0 Å². The molecule has 0 bridgehead atoms. The molecule has 1 aromatic heterocycles. The second-order valence-corrected chi connectivity index (χ2v) is 10.7. The van der Waals surface area contributed by atoms with Crippen molar-refractivity contribution in [3.63, 3.8) is 0 Å². The molecule has 4 rings (SSSR count). The van der Waals surface area contributed by atoms with Gasteiger partial charge in [-0.05, 0) is 50.5 Å². The number of piperidine rings is 1. The minimum atomic E-state index is -1.25. The number of hydrogen-bond donors (Lipinski definition) is 3. The van der Waals surface area contributed by atoms with Gasteiger partial charge in [-0.2, -0.15) is 4.98 Å². The largest absolute Gasteiger partial charge is 0.354 e. The number of carbonyl (C=O) groups excluding carboxylic acids is 2. The molecule has 206 valence electrons. The van der Waals surface area contributed by atoms with Gasteiger partial charge in [0.15, 0.2) is 0 Å². The lowest BCUT2D eigenvalue weighted by atomic mass is 9.93. The van der Waals surface area contributed by atoms with Crippen LogP contribution in [0.2, 0.25) is 0 Å². The van der Waals surface area contributed by atoms with Gasteiger partial charge in [0.25, 0.3) is 0 Å². The van der Waals surface area contributed by atoms with E-state index in [1.807, 2.05) is 24.3 Å². The van der Waals surface area contributed by atoms with Crippen molar-refractivity contribution in [2.24, 2.45) is 11.5 Å². The predicted molar refractivity (Wildman–Crippen MR) is 143 cm³/mol. The maximum Gasteiger partial charge on any atom is 0.354 e. The standard InChI is InChI=1S/C26H37FN8O3/c1-25(2,29)22(36)33-13-15-34(16-14-33)23(37)30-21-7-10-35(24(38)31-21)20-5-3-19(4-6-20)17-32-11-8-26(27,18-28)9-12-32/h3-7,10H,8-9,11-18,28-29H2,1-2H3,(H,30,31,37,38). The number of anilines is 1. The third-order valence-corrected chi connectivity index (χ3v) is 7.18. The molecule has 0 spiro atoms. The molecule has 0 aliphatic carbocycles. The summed E-state index contributed by atoms with van der Waals surface area (Å²) in [7, 11) is 0. The first kappa shape index (κ1) is 27.7. The highest BCUT2D eigenvalue weighted by Gasteiger charge is 2.33. The highest BCUT2D eigenvalue weighted by atomic mass is 19.1. The van der Waals surface area contributed by atoms with Crippen molar-refractivity contribution in [3.05, 3.63) is 52.6 Å². The molecule has 2 aliphatic rings. The van der Waals surface area contributed by atoms with Gasteiger partial charge in [-0.15, -0.1) is 0 Å². The Morgan fingerprint density at radius 1 is 1.03 bits per heavy atom. The molecule has 2 saturated heterocycles. The minimum absolute atomic E-state index is 0.0633. The van der Waals surface area contributed by atoms with Crippen LogP contribution >= 0.6 is 0 Å². The Labute approximate surface area is 221 Å². The predicted octanol–water partition coefficient (Wildman–Crippen LogP) is 0.909. The molecule has 0 atom stereocenters. The van der Waals surface area contributed by atoms with Crippen LogP contribution in [0.25, 0.3) is 5.69 Å². The molecular formula is C26H37FN8O3. The number of carbonyl (C=O) groups is 2. The van der Waals surface area contributed by atoms with E-state index in [0.29, 0.717) is 64.3 Å². The smallest absolute Gasteiger partial charge is 0.338 e. The summed E-state index contributed by atoms with van der Waals surface area (Å²) < 4.78 is 15.7. The Morgan fingerprint density at radius 3 is 2.18 bits per heavy atom. The van der Waals surface area contributed by atoms with Crippen LogP contribution in [-0.2, 0) is 11.3 Å². The molecule has 2 fully saturated rings. The molecule has 1 aromatic carbocycles. The fraction of sp³-hybridized carbons (Fsp3) is 0.538. The van der Waals surface area contributed by atoms with Gasteiger partial charge in [-0.25, -0.2) is 14.0 Å². The summed E-state index contributed by atoms with van der Waals surface area (Å²) in [4.78, 5) is 47.1. The van der Waals surface area contributed by atoms with Crippen LogP contribution in [0.1, 0.15) is 32.3 Å². The van der Waals surface area contributed by atoms with Gasteiger partial charge >= 0.3 is 11.7 Å². The zero-order chi connectivity index (χ0) is 27.5. The molecule has 0 saturated carbocycles. The lowest BCUT2D eigenvalue weighted by Gasteiger charge is -2.37. The van der Waals surface area contributed by atoms with Crippen molar-refractivity contribution in [2.45, 2.75) is 44.4 Å². The summed E-state index contributed by atoms with van der Waals surface area (Å²) in [5.74, 6) is -0.00119. The molecule has 0 radical (unpaired) electrons. The average Bonchev–Trinajstić information content (AvgIpc) is 2.90. The van der Waals surface area contributed by atoms with Gasteiger partial charge in [-0.3, -0.25) is 19.6 Å². The van der Waals surface area contributed by atoms with Crippen molar-refractivity contribution in [1.29, 1.82) is 0 Å². The lowest BCUT2D eigenvalue weighted by Crippen LogP contribution is -2.58. The van der Waals surface area contributed by atoms with Gasteiger partial charge in [0, 0.05) is 58.6 Å². The van der Waals surface area contributed by atoms with E-state index in [4.69, 9.17) is 11.5 Å². The Kier molecular flexibility index (Phi) is 8.14. The van der Waals surface area contributed by atoms with Crippen LogP contribution < -0.4 is 22.5 Å². The number of rotatable bonds is 6. The summed E-state index contributed by atoms with van der Waals surface area (Å²) in [6.45, 7) is 6.89. The summed E-state index contributed by atoms with van der Waals surface area (Å²) >= 11 is 0. The Bertz CT molecular complexity index is 1190. The van der Waals surface area contributed by atoms with E-state index in [-0.39, 0.29) is 24.3 Å². The number of hydrogen-bond acceptors (Lipinski definition) is 7. The Morgan fingerprint density at radius 2 is 1.63 bits per heavy atom. The lowest BCUT2D eigenvalue weighted by molar-refractivity contribution is -0.137. The molecule has 5 N–H and O–H groups in total. The highest BCUT2D eigenvalue weighted by Crippen LogP contribution is 2.26. The molecule has 2 aliphatic heterocycles. The molecule has 38 heavy (non-hydrogen) atoms. The number of likely N-dealkylation sites (tertiary alicyclic amines) is 1. The van der Waals surface area contributed by atoms with E-state index in [9.17, 15) is 18.8 Å². The molecule has 3 heterocycles. The van der Waals surface area contributed by atoms with Crippen molar-refractivity contribution in [1.82, 2.24) is 24.3 Å². The highest BCUT2D eigenvalue weighted by molar-refractivity contribution is 5.89. The maximum atomic E-state index is 14.3. The first-order valence-electron chi connectivity index (χ1n) is 12.9. The molecule has 2 aromatic rings. The second-order valence-electron chi connectivity index (χ2n) is 10.7. The van der Waals surface area contributed by atoms with E-state index in [0.717, 1.165) is 5.56 Å². The molecule has 12 heteroatoms. The number of aromatic nitrogens is 2. The zero-order valence-corrected chi connectivity index (χ0v) is 22.0. The van der Waals surface area contributed by atoms with Gasteiger partial charge in [0.05, 0.1) is 11.2 Å². The van der Waals surface area contributed by atoms with Crippen molar-refractivity contribution in [3.8, 4) is 5.69 Å². The third-order valence-electron chi connectivity index (χ3n) is 7.18. The fourth-order valence-electron chi connectivity index (χ4n) is 4.71. The number of halogens is 1. The van der Waals surface area contributed by atoms with Crippen LogP contribution in [0.5, 0.6) is 0 Å². The number of nitrogens with two attached hydrogens (primary N) is 2. The number of amides is 3. The van der Waals surface area contributed by atoms with E-state index in [1.165, 1.54) is 4.57 Å². The molecule has 11 nitrogen and oxygen atoms in total. The molecule has 3 amide bonds. The first-order chi connectivity index (χ1) is 18.0. The van der Waals surface area contributed by atoms with Gasteiger partial charge < -0.3 is 21.3 Å². The van der Waals surface area contributed by atoms with Gasteiger partial charge in [-0.1, -0.05) is 12.1 Å². The number of nitrogens with zero attached hydrogens (tertiary/aromatic N) is 5. The quantitative estimate of drug-likeness (QED) is 0.506. The number of nitrogens with one attached hydrogen (secondary N) is 1. The zero-order valence-electron chi connectivity index (χ0n) is 22.0. The second kappa shape index (κ2) is 11.2. The van der Waals surface area contributed by atoms with Crippen LogP contribution in [0.3, 0.4) is 0 Å². The number of benzene rings is 1. The van der Waals surface area contributed by atoms with Crippen LogP contribution in [-0.4, -0.2) is 93.2 Å². The first-order valence-corrected chi connectivity index (χ1v) is 12.9. The number of piperazine rings is 1. The Balaban J connectivity index is 1.31. The number of urea groups is 1. The maximum absolute atomic E-state index is 14.3. The minimum Gasteiger partial charge on any atom is -0.338 e. The molecular weight excluding hydrogens is 491 g/mol. The molecule has 0 unspecified atom stereocenters. The summed E-state index contributed by atoms with van der Waals surface area (Å²) in [5.41, 5.74) is 10.4. The average molecular weight is 529 g/mol. The topological polar surface area (TPSA) is 143 Å². The van der Waals surface area contributed by atoms with Crippen molar-refractivity contribution in [2.75, 3.05) is 51.1 Å². The van der Waals surface area contributed by atoms with Gasteiger partial charge in [0.1, 0.15) is 11.5 Å². The van der Waals surface area contributed by atoms with Crippen molar-refractivity contribution >= 4 is 17.8 Å². The number of alkyl halides is 1. The van der Waals surface area contributed by atoms with Gasteiger partial charge in [0.2, 0.25) is 5.91 Å². The monoisotopic (exact) mass is 528 g/mol. The normalized spacial score (nSPS) is 18.3. The SMILES string of the molecule is CC(C)(N)C(=O)N1CCN(C(=O)Nc2ccn(-c3ccc(CN4CCC(F)(CN)CC4)cc3)c(=O)n2)CC1. The van der Waals surface area contributed by atoms with E-state index >= 15 is 0 Å². The summed E-state index contributed by atoms with van der Waals surface area (Å²) in [6, 6.07) is 8.74. The van der Waals surface area contributed by atoms with Crippen LogP contribution in [0, 0.1) is 0 Å². The van der Waals surface area contributed by atoms with Crippen LogP contribution in [0.15, 0.2) is 41.3 Å². The van der Waals surface area contributed by atoms with E-state index in [2.05, 4.69) is 15.2 Å². The van der Waals surface area contributed by atoms with E-state index < -0.39 is 16.9 Å². The van der Waals surface area contributed by atoms with Crippen molar-refractivity contribution < 1.29 is 14.0 Å². The summed E-state index contributed by atoms with van der Waals surface area (Å²) in [6.07, 6.45) is 2.44. The third kappa shape index (κ3) is 6.55. The fourth-order valence-corrected chi connectivity index (χ4v) is 4.71. The van der Waals surface area contributed by atoms with E-state index in [1.54, 1.807) is 35.9 Å².